The van der Waals surface area contributed by atoms with Crippen molar-refractivity contribution in [2.75, 3.05) is 27.7 Å². The summed E-state index contributed by atoms with van der Waals surface area (Å²) in [5.41, 5.74) is 0.977. The van der Waals surface area contributed by atoms with Gasteiger partial charge < -0.3 is 15.0 Å². The number of amides is 1. The fraction of sp³-hybridized carbons (Fsp3) is 0.278. The van der Waals surface area contributed by atoms with E-state index in [4.69, 9.17) is 27.9 Å². The zero-order valence-corrected chi connectivity index (χ0v) is 15.7. The predicted octanol–water partition coefficient (Wildman–Crippen LogP) is 4.17. The molecule has 0 radical (unpaired) electrons. The Kier molecular flexibility index (Phi) is 6.64. The van der Waals surface area contributed by atoms with Gasteiger partial charge in [-0.05, 0) is 32.3 Å². The maximum Gasteiger partial charge on any atom is 0.252 e. The van der Waals surface area contributed by atoms with Crippen LogP contribution in [0.2, 0.25) is 10.0 Å². The molecule has 0 aromatic heterocycles. The fourth-order valence-corrected chi connectivity index (χ4v) is 2.96. The number of carbonyl (C=O) groups is 1. The Morgan fingerprint density at radius 1 is 1.24 bits per heavy atom. The molecule has 0 aliphatic carbocycles. The first-order chi connectivity index (χ1) is 11.8. The number of halogens is 3. The summed E-state index contributed by atoms with van der Waals surface area (Å²) in [6.07, 6.45) is 0. The van der Waals surface area contributed by atoms with Crippen molar-refractivity contribution in [3.8, 4) is 5.75 Å². The van der Waals surface area contributed by atoms with Gasteiger partial charge in [0.2, 0.25) is 0 Å². The Balaban J connectivity index is 2.19. The Morgan fingerprint density at radius 2 is 1.92 bits per heavy atom. The van der Waals surface area contributed by atoms with Gasteiger partial charge >= 0.3 is 0 Å². The van der Waals surface area contributed by atoms with Crippen LogP contribution in [-0.4, -0.2) is 38.6 Å². The maximum absolute atomic E-state index is 13.6. The molecule has 1 atom stereocenters. The molecular formula is C18H19Cl2FN2O2. The molecule has 0 bridgehead atoms. The zero-order valence-electron chi connectivity index (χ0n) is 14.1. The summed E-state index contributed by atoms with van der Waals surface area (Å²) in [6.45, 7) is 0.298. The van der Waals surface area contributed by atoms with Crippen LogP contribution < -0.4 is 10.1 Å². The second-order valence-electron chi connectivity index (χ2n) is 5.68. The Morgan fingerprint density at radius 3 is 2.56 bits per heavy atom. The highest BCUT2D eigenvalue weighted by molar-refractivity contribution is 6.36. The van der Waals surface area contributed by atoms with Crippen LogP contribution in [0.1, 0.15) is 22.0 Å². The summed E-state index contributed by atoms with van der Waals surface area (Å²) in [6, 6.07) is 9.70. The minimum Gasteiger partial charge on any atom is -0.496 e. The van der Waals surface area contributed by atoms with Gasteiger partial charge in [0.25, 0.3) is 5.91 Å². The summed E-state index contributed by atoms with van der Waals surface area (Å²) >= 11 is 11.7. The van der Waals surface area contributed by atoms with Gasteiger partial charge in [0.1, 0.15) is 11.6 Å². The standard InChI is InChI=1S/C18H19Cl2FN2O2/c1-23(2)16(11-6-4-5-7-17(11)25-3)10-22-18(24)12-8-15(21)14(20)9-13(12)19/h4-9,16H,10H2,1-3H3,(H,22,24). The highest BCUT2D eigenvalue weighted by Crippen LogP contribution is 2.28. The Labute approximate surface area is 156 Å². The minimum absolute atomic E-state index is 0.0427. The Bertz CT molecular complexity index is 769. The van der Waals surface area contributed by atoms with E-state index in [-0.39, 0.29) is 21.7 Å². The van der Waals surface area contributed by atoms with Gasteiger partial charge in [-0.1, -0.05) is 41.4 Å². The molecule has 2 aromatic rings. The number of likely N-dealkylation sites (N-methyl/N-ethyl adjacent to an activating group) is 1. The molecule has 0 fully saturated rings. The van der Waals surface area contributed by atoms with E-state index in [1.165, 1.54) is 6.07 Å². The van der Waals surface area contributed by atoms with Crippen molar-refractivity contribution in [3.05, 3.63) is 63.4 Å². The van der Waals surface area contributed by atoms with E-state index >= 15 is 0 Å². The molecule has 0 spiro atoms. The molecule has 25 heavy (non-hydrogen) atoms. The second kappa shape index (κ2) is 8.52. The molecule has 0 heterocycles. The molecule has 0 saturated heterocycles. The molecule has 0 aliphatic heterocycles. The summed E-state index contributed by atoms with van der Waals surface area (Å²) in [5.74, 6) is -0.432. The summed E-state index contributed by atoms with van der Waals surface area (Å²) in [7, 11) is 5.40. The summed E-state index contributed by atoms with van der Waals surface area (Å²) in [5, 5.41) is 2.76. The minimum atomic E-state index is -0.690. The lowest BCUT2D eigenvalue weighted by atomic mass is 10.0. The molecule has 2 rings (SSSR count). The molecule has 0 saturated carbocycles. The lowest BCUT2D eigenvalue weighted by Crippen LogP contribution is -2.35. The van der Waals surface area contributed by atoms with Crippen LogP contribution in [0, 0.1) is 5.82 Å². The SMILES string of the molecule is COc1ccccc1C(CNC(=O)c1cc(F)c(Cl)cc1Cl)N(C)C. The van der Waals surface area contributed by atoms with Crippen molar-refractivity contribution in [2.45, 2.75) is 6.04 Å². The monoisotopic (exact) mass is 384 g/mol. The van der Waals surface area contributed by atoms with Gasteiger partial charge in [-0.25, -0.2) is 4.39 Å². The molecule has 1 amide bonds. The van der Waals surface area contributed by atoms with Crippen LogP contribution in [0.4, 0.5) is 4.39 Å². The van der Waals surface area contributed by atoms with Crippen LogP contribution >= 0.6 is 23.2 Å². The third-order valence-corrected chi connectivity index (χ3v) is 4.43. The lowest BCUT2D eigenvalue weighted by molar-refractivity contribution is 0.0941. The molecular weight excluding hydrogens is 366 g/mol. The van der Waals surface area contributed by atoms with Gasteiger partial charge in [-0.15, -0.1) is 0 Å². The molecule has 7 heteroatoms. The van der Waals surface area contributed by atoms with Crippen molar-refractivity contribution in [3.63, 3.8) is 0 Å². The van der Waals surface area contributed by atoms with Gasteiger partial charge in [0, 0.05) is 12.1 Å². The highest BCUT2D eigenvalue weighted by atomic mass is 35.5. The number of ether oxygens (including phenoxy) is 1. The van der Waals surface area contributed by atoms with E-state index in [9.17, 15) is 9.18 Å². The summed E-state index contributed by atoms with van der Waals surface area (Å²) < 4.78 is 19.0. The molecule has 4 nitrogen and oxygen atoms in total. The van der Waals surface area contributed by atoms with E-state index < -0.39 is 11.7 Å². The second-order valence-corrected chi connectivity index (χ2v) is 6.49. The molecule has 1 N–H and O–H groups in total. The molecule has 1 unspecified atom stereocenters. The number of rotatable bonds is 6. The third kappa shape index (κ3) is 4.63. The van der Waals surface area contributed by atoms with Gasteiger partial charge in [0.15, 0.2) is 0 Å². The molecule has 2 aromatic carbocycles. The summed E-state index contributed by atoms with van der Waals surface area (Å²) in [4.78, 5) is 14.3. The topological polar surface area (TPSA) is 41.6 Å². The quantitative estimate of drug-likeness (QED) is 0.759. The van der Waals surface area contributed by atoms with Crippen molar-refractivity contribution < 1.29 is 13.9 Å². The third-order valence-electron chi connectivity index (χ3n) is 3.83. The first-order valence-electron chi connectivity index (χ1n) is 7.57. The number of carbonyl (C=O) groups excluding carboxylic acids is 1. The van der Waals surface area contributed by atoms with Gasteiger partial charge in [-0.2, -0.15) is 0 Å². The number of nitrogens with one attached hydrogen (secondary N) is 1. The number of nitrogens with zero attached hydrogens (tertiary/aromatic N) is 1. The van der Waals surface area contributed by atoms with E-state index in [1.807, 2.05) is 43.3 Å². The van der Waals surface area contributed by atoms with Crippen LogP contribution in [0.3, 0.4) is 0 Å². The Hall–Kier alpha value is -1.82. The first kappa shape index (κ1) is 19.5. The lowest BCUT2D eigenvalue weighted by Gasteiger charge is -2.26. The van der Waals surface area contributed by atoms with Crippen molar-refractivity contribution >= 4 is 29.1 Å². The molecule has 134 valence electrons. The van der Waals surface area contributed by atoms with Crippen molar-refractivity contribution in [1.29, 1.82) is 0 Å². The van der Waals surface area contributed by atoms with E-state index in [2.05, 4.69) is 5.32 Å². The van der Waals surface area contributed by atoms with Crippen molar-refractivity contribution in [1.82, 2.24) is 10.2 Å². The predicted molar refractivity (Wildman–Crippen MR) is 98.2 cm³/mol. The molecule has 0 aliphatic rings. The van der Waals surface area contributed by atoms with Crippen LogP contribution in [0.15, 0.2) is 36.4 Å². The highest BCUT2D eigenvalue weighted by Gasteiger charge is 2.20. The average molecular weight is 385 g/mol. The smallest absolute Gasteiger partial charge is 0.252 e. The van der Waals surface area contributed by atoms with Crippen LogP contribution in [0.25, 0.3) is 0 Å². The van der Waals surface area contributed by atoms with Gasteiger partial charge in [-0.3, -0.25) is 4.79 Å². The first-order valence-corrected chi connectivity index (χ1v) is 8.32. The zero-order chi connectivity index (χ0) is 18.6. The van der Waals surface area contributed by atoms with Crippen molar-refractivity contribution in [2.24, 2.45) is 0 Å². The van der Waals surface area contributed by atoms with Gasteiger partial charge in [0.05, 0.1) is 28.8 Å². The van der Waals surface area contributed by atoms with E-state index in [0.29, 0.717) is 6.54 Å². The largest absolute Gasteiger partial charge is 0.496 e. The average Bonchev–Trinajstić information content (AvgIpc) is 2.58. The maximum atomic E-state index is 13.6. The van der Waals surface area contributed by atoms with E-state index in [1.54, 1.807) is 7.11 Å². The van der Waals surface area contributed by atoms with Crippen LogP contribution in [-0.2, 0) is 0 Å². The van der Waals surface area contributed by atoms with Crippen LogP contribution in [0.5, 0.6) is 5.75 Å². The number of hydrogen-bond acceptors (Lipinski definition) is 3. The normalized spacial score (nSPS) is 12.1. The fourth-order valence-electron chi connectivity index (χ4n) is 2.49. The number of methoxy groups -OCH3 is 1. The number of benzene rings is 2. The van der Waals surface area contributed by atoms with E-state index in [0.717, 1.165) is 17.4 Å². The number of para-hydroxylation sites is 1. The number of hydrogen-bond donors (Lipinski definition) is 1.